The van der Waals surface area contributed by atoms with E-state index in [0.29, 0.717) is 6.54 Å². The molecule has 0 radical (unpaired) electrons. The number of nitrogens with two attached hydrogens (primary N) is 1. The molecule has 0 heterocycles. The second kappa shape index (κ2) is 8.20. The molecule has 0 aliphatic rings. The lowest BCUT2D eigenvalue weighted by molar-refractivity contribution is 0.317. The molecule has 1 rings (SSSR count). The molecule has 0 atom stereocenters. The van der Waals surface area contributed by atoms with Crippen molar-refractivity contribution >= 4 is 36.3 Å². The zero-order chi connectivity index (χ0) is 9.68. The number of amidine groups is 1. The van der Waals surface area contributed by atoms with Crippen LogP contribution in [0.25, 0.3) is 0 Å². The smallest absolute Gasteiger partial charge is 0.158 e. The molecular weight excluding hydrogens is 237 g/mol. The Bertz CT molecular complexity index is 301. The van der Waals surface area contributed by atoms with Gasteiger partial charge < -0.3 is 16.3 Å². The van der Waals surface area contributed by atoms with Gasteiger partial charge in [-0.3, -0.25) is 0 Å². The number of benzene rings is 1. The molecule has 0 saturated carbocycles. The molecule has 0 aliphatic carbocycles. The second-order valence-electron chi connectivity index (χ2n) is 2.81. The van der Waals surface area contributed by atoms with E-state index in [1.807, 2.05) is 31.2 Å². The van der Waals surface area contributed by atoms with Gasteiger partial charge in [0.2, 0.25) is 0 Å². The Morgan fingerprint density at radius 2 is 1.87 bits per heavy atom. The van der Waals surface area contributed by atoms with Crippen molar-refractivity contribution in [3.8, 4) is 0 Å². The first kappa shape index (κ1) is 16.3. The molecule has 0 unspecified atom stereocenters. The average Bonchev–Trinajstić information content (AvgIpc) is 2.16. The summed E-state index contributed by atoms with van der Waals surface area (Å²) in [5.74, 6) is 0.167. The summed E-state index contributed by atoms with van der Waals surface area (Å²) in [7, 11) is 0. The first-order chi connectivity index (χ1) is 6.22. The van der Waals surface area contributed by atoms with Crippen molar-refractivity contribution in [2.75, 3.05) is 11.9 Å². The third-order valence-corrected chi connectivity index (χ3v) is 1.65. The Hall–Kier alpha value is -1.13. The molecular formula is C9H15Cl2N3O. The number of hydrogen-bond acceptors (Lipinski definition) is 3. The van der Waals surface area contributed by atoms with Gasteiger partial charge in [-0.15, -0.1) is 24.8 Å². The van der Waals surface area contributed by atoms with Crippen molar-refractivity contribution in [3.63, 3.8) is 0 Å². The topological polar surface area (TPSA) is 70.6 Å². The number of nitrogens with one attached hydrogen (secondary N) is 1. The van der Waals surface area contributed by atoms with E-state index in [0.717, 1.165) is 5.69 Å². The maximum atomic E-state index is 8.28. The van der Waals surface area contributed by atoms with Crippen molar-refractivity contribution in [1.29, 1.82) is 0 Å². The monoisotopic (exact) mass is 251 g/mol. The molecule has 86 valence electrons. The zero-order valence-corrected chi connectivity index (χ0v) is 9.94. The van der Waals surface area contributed by atoms with Crippen molar-refractivity contribution in [2.45, 2.75) is 6.92 Å². The summed E-state index contributed by atoms with van der Waals surface area (Å²) in [6, 6.07) is 7.88. The Balaban J connectivity index is 0. The molecule has 4 nitrogen and oxygen atoms in total. The first-order valence-corrected chi connectivity index (χ1v) is 3.99. The molecule has 0 spiro atoms. The van der Waals surface area contributed by atoms with Gasteiger partial charge in [0.1, 0.15) is 0 Å². The standard InChI is InChI=1S/C9H13N3O.2ClH/c1-7-2-4-8(5-3-7)11-6-9(10)12-13;;/h2-5,11,13H,6H2,1H3,(H2,10,12);2*1H. The molecule has 6 heteroatoms. The number of oxime groups is 1. The van der Waals surface area contributed by atoms with Crippen LogP contribution in [0, 0.1) is 6.92 Å². The highest BCUT2D eigenvalue weighted by Crippen LogP contribution is 2.07. The maximum Gasteiger partial charge on any atom is 0.158 e. The van der Waals surface area contributed by atoms with Crippen molar-refractivity contribution in [2.24, 2.45) is 10.9 Å². The van der Waals surface area contributed by atoms with Gasteiger partial charge in [-0.25, -0.2) is 0 Å². The van der Waals surface area contributed by atoms with Gasteiger partial charge in [0.05, 0.1) is 6.54 Å². The summed E-state index contributed by atoms with van der Waals surface area (Å²) in [5.41, 5.74) is 7.45. The summed E-state index contributed by atoms with van der Waals surface area (Å²) in [5, 5.41) is 14.1. The number of rotatable bonds is 3. The second-order valence-corrected chi connectivity index (χ2v) is 2.81. The summed E-state index contributed by atoms with van der Waals surface area (Å²) >= 11 is 0. The molecule has 0 fully saturated rings. The van der Waals surface area contributed by atoms with E-state index < -0.39 is 0 Å². The minimum absolute atomic E-state index is 0. The third kappa shape index (κ3) is 6.04. The third-order valence-electron chi connectivity index (χ3n) is 1.65. The van der Waals surface area contributed by atoms with Gasteiger partial charge in [-0.05, 0) is 19.1 Å². The molecule has 1 aromatic rings. The summed E-state index contributed by atoms with van der Waals surface area (Å²) < 4.78 is 0. The predicted molar refractivity (Wildman–Crippen MR) is 67.6 cm³/mol. The molecule has 0 aromatic heterocycles. The molecule has 0 saturated heterocycles. The quantitative estimate of drug-likeness (QED) is 0.333. The number of aryl methyl sites for hydroxylation is 1. The fraction of sp³-hybridized carbons (Fsp3) is 0.222. The Morgan fingerprint density at radius 3 is 2.33 bits per heavy atom. The molecule has 4 N–H and O–H groups in total. The number of anilines is 1. The minimum Gasteiger partial charge on any atom is -0.409 e. The van der Waals surface area contributed by atoms with Gasteiger partial charge in [0, 0.05) is 5.69 Å². The largest absolute Gasteiger partial charge is 0.409 e. The fourth-order valence-electron chi connectivity index (χ4n) is 0.899. The van der Waals surface area contributed by atoms with Crippen molar-refractivity contribution < 1.29 is 5.21 Å². The number of nitrogens with zero attached hydrogens (tertiary/aromatic N) is 1. The maximum absolute atomic E-state index is 8.28. The van der Waals surface area contributed by atoms with Crippen LogP contribution in [-0.2, 0) is 0 Å². The molecule has 1 aromatic carbocycles. The van der Waals surface area contributed by atoms with E-state index in [4.69, 9.17) is 10.9 Å². The number of hydrogen-bond donors (Lipinski definition) is 3. The van der Waals surface area contributed by atoms with Crippen LogP contribution < -0.4 is 11.1 Å². The van der Waals surface area contributed by atoms with Crippen LogP contribution in [0.15, 0.2) is 29.4 Å². The van der Waals surface area contributed by atoms with E-state index in [2.05, 4.69) is 10.5 Å². The van der Waals surface area contributed by atoms with Crippen LogP contribution in [0.3, 0.4) is 0 Å². The van der Waals surface area contributed by atoms with Crippen LogP contribution in [0.1, 0.15) is 5.56 Å². The van der Waals surface area contributed by atoms with E-state index in [9.17, 15) is 0 Å². The normalized spacial score (nSPS) is 9.80. The van der Waals surface area contributed by atoms with Crippen molar-refractivity contribution in [3.05, 3.63) is 29.8 Å². The number of halogens is 2. The molecule has 0 aliphatic heterocycles. The minimum atomic E-state index is 0. The fourth-order valence-corrected chi connectivity index (χ4v) is 0.899. The van der Waals surface area contributed by atoms with Crippen LogP contribution in [0.2, 0.25) is 0 Å². The Labute approximate surface area is 101 Å². The molecule has 15 heavy (non-hydrogen) atoms. The predicted octanol–water partition coefficient (Wildman–Crippen LogP) is 2.00. The summed E-state index contributed by atoms with van der Waals surface area (Å²) in [6.45, 7) is 2.37. The first-order valence-electron chi connectivity index (χ1n) is 3.99. The molecule has 0 amide bonds. The van der Waals surface area contributed by atoms with E-state index in [1.54, 1.807) is 0 Å². The highest BCUT2D eigenvalue weighted by atomic mass is 35.5. The lowest BCUT2D eigenvalue weighted by Crippen LogP contribution is -2.22. The lowest BCUT2D eigenvalue weighted by Gasteiger charge is -2.04. The van der Waals surface area contributed by atoms with Crippen LogP contribution in [0.5, 0.6) is 0 Å². The van der Waals surface area contributed by atoms with Crippen LogP contribution >= 0.6 is 24.8 Å². The van der Waals surface area contributed by atoms with Crippen LogP contribution in [0.4, 0.5) is 5.69 Å². The summed E-state index contributed by atoms with van der Waals surface area (Å²) in [4.78, 5) is 0. The lowest BCUT2D eigenvalue weighted by atomic mass is 10.2. The zero-order valence-electron chi connectivity index (χ0n) is 8.30. The van der Waals surface area contributed by atoms with Gasteiger partial charge in [-0.1, -0.05) is 22.9 Å². The Kier molecular flexibility index (Phi) is 8.91. The summed E-state index contributed by atoms with van der Waals surface area (Å²) in [6.07, 6.45) is 0. The van der Waals surface area contributed by atoms with E-state index in [-0.39, 0.29) is 30.6 Å². The van der Waals surface area contributed by atoms with Gasteiger partial charge >= 0.3 is 0 Å². The highest BCUT2D eigenvalue weighted by molar-refractivity contribution is 5.85. The Morgan fingerprint density at radius 1 is 1.33 bits per heavy atom. The molecule has 0 bridgehead atoms. The van der Waals surface area contributed by atoms with Gasteiger partial charge in [0.15, 0.2) is 5.84 Å². The van der Waals surface area contributed by atoms with Gasteiger partial charge in [0.25, 0.3) is 0 Å². The van der Waals surface area contributed by atoms with Crippen molar-refractivity contribution in [1.82, 2.24) is 0 Å². The van der Waals surface area contributed by atoms with Gasteiger partial charge in [-0.2, -0.15) is 0 Å². The average molecular weight is 252 g/mol. The highest BCUT2D eigenvalue weighted by Gasteiger charge is 1.93. The van der Waals surface area contributed by atoms with Crippen LogP contribution in [-0.4, -0.2) is 17.6 Å². The SMILES string of the molecule is Cc1ccc(NCC(N)=NO)cc1.Cl.Cl. The van der Waals surface area contributed by atoms with E-state index in [1.165, 1.54) is 5.56 Å². The van der Waals surface area contributed by atoms with E-state index >= 15 is 0 Å².